The van der Waals surface area contributed by atoms with E-state index in [4.69, 9.17) is 0 Å². The molecule has 9 heavy (non-hydrogen) atoms. The minimum Gasteiger partial charge on any atom is -0.858 e. The third-order valence-corrected chi connectivity index (χ3v) is 0.711. The van der Waals surface area contributed by atoms with Crippen LogP contribution in [0.2, 0.25) is 0 Å². The van der Waals surface area contributed by atoms with Gasteiger partial charge in [0, 0.05) is 12.3 Å². The maximum Gasteiger partial charge on any atom is 1.00 e. The average Bonchev–Trinajstić information content (AvgIpc) is 1.77. The minimum atomic E-state index is -0.426. The fourth-order valence-electron chi connectivity index (χ4n) is 0.361. The van der Waals surface area contributed by atoms with Crippen LogP contribution in [0.3, 0.4) is 0 Å². The normalized spacial score (nSPS) is 16.4. The van der Waals surface area contributed by atoms with Crippen LogP contribution in [0.4, 0.5) is 0 Å². The van der Waals surface area contributed by atoms with Gasteiger partial charge in [0.25, 0.3) is 5.91 Å². The van der Waals surface area contributed by atoms with E-state index in [1.807, 2.05) is 0 Å². The zero-order chi connectivity index (χ0) is 5.98. The molecule has 0 saturated heterocycles. The zero-order valence-electron chi connectivity index (χ0n) is 5.00. The fraction of sp³-hybridized carbons (Fsp3) is 0.250. The van der Waals surface area contributed by atoms with E-state index in [9.17, 15) is 9.90 Å². The van der Waals surface area contributed by atoms with Gasteiger partial charge in [-0.3, -0.25) is 4.79 Å². The van der Waals surface area contributed by atoms with Crippen molar-refractivity contribution in [1.82, 2.24) is 0 Å². The quantitative estimate of drug-likeness (QED) is 0.337. The topological polar surface area (TPSA) is 64.8 Å². The molecule has 0 aromatic heterocycles. The van der Waals surface area contributed by atoms with Gasteiger partial charge in [0.1, 0.15) is 0 Å². The monoisotopic (exact) mass is 150 g/mol. The second-order valence-corrected chi connectivity index (χ2v) is 1.34. The Kier molecular flexibility index (Phi) is 4.50. The summed E-state index contributed by atoms with van der Waals surface area (Å²) in [6.45, 7) is 0. The molecule has 0 spiro atoms. The minimum absolute atomic E-state index is 0. The molecular weight excluding hydrogens is 147 g/mol. The third-order valence-electron chi connectivity index (χ3n) is 0.711. The van der Waals surface area contributed by atoms with Gasteiger partial charge in [-0.2, -0.15) is 5.11 Å². The number of hydrogen-bond acceptors (Lipinski definition) is 3. The molecule has 0 bridgehead atoms. The summed E-state index contributed by atoms with van der Waals surface area (Å²) < 4.78 is 0. The smallest absolute Gasteiger partial charge is 0.858 e. The van der Waals surface area contributed by atoms with Gasteiger partial charge >= 0.3 is 51.4 Å². The van der Waals surface area contributed by atoms with Crippen molar-refractivity contribution in [3.63, 3.8) is 0 Å². The summed E-state index contributed by atoms with van der Waals surface area (Å²) in [4.78, 5) is 10.2. The van der Waals surface area contributed by atoms with Gasteiger partial charge in [0.2, 0.25) is 0 Å². The fourth-order valence-corrected chi connectivity index (χ4v) is 0.361. The first-order chi connectivity index (χ1) is 3.79. The molecule has 1 aliphatic heterocycles. The number of rotatable bonds is 0. The van der Waals surface area contributed by atoms with E-state index in [1.165, 1.54) is 6.08 Å². The van der Waals surface area contributed by atoms with E-state index in [1.54, 1.807) is 0 Å². The van der Waals surface area contributed by atoms with E-state index >= 15 is 0 Å². The summed E-state index contributed by atoms with van der Waals surface area (Å²) in [7, 11) is 0. The van der Waals surface area contributed by atoms with Gasteiger partial charge in [0.05, 0.1) is 0 Å². The molecule has 0 saturated carbocycles. The number of nitrogens with zero attached hydrogens (tertiary/aromatic N) is 2. The van der Waals surface area contributed by atoms with Gasteiger partial charge < -0.3 is 5.11 Å². The Hall–Kier alpha value is 0.446. The summed E-state index contributed by atoms with van der Waals surface area (Å²) in [6, 6.07) is 0. The molecule has 0 aliphatic carbocycles. The number of carbonyl (C=O) groups excluding carboxylic acids is 1. The second kappa shape index (κ2) is 4.29. The Bertz CT molecular complexity index is 173. The largest absolute Gasteiger partial charge is 1.00 e. The Morgan fingerprint density at radius 3 is 2.56 bits per heavy atom. The van der Waals surface area contributed by atoms with Crippen molar-refractivity contribution in [2.45, 2.75) is 6.42 Å². The first-order valence-corrected chi connectivity index (χ1v) is 2.11. The summed E-state index contributed by atoms with van der Waals surface area (Å²) in [5.41, 5.74) is 0. The molecular formula is C4H3KN2O2. The number of carbonyl (C=O) groups is 1. The molecule has 0 N–H and O–H groups in total. The van der Waals surface area contributed by atoms with Crippen LogP contribution in [0.25, 0.3) is 0 Å². The van der Waals surface area contributed by atoms with Gasteiger partial charge in [-0.15, -0.1) is 5.11 Å². The van der Waals surface area contributed by atoms with Crippen LogP contribution in [0.5, 0.6) is 0 Å². The molecule has 4 nitrogen and oxygen atoms in total. The van der Waals surface area contributed by atoms with Gasteiger partial charge in [-0.05, 0) is 0 Å². The third kappa shape index (κ3) is 3.22. The Balaban J connectivity index is 0.000000640. The van der Waals surface area contributed by atoms with Crippen molar-refractivity contribution in [3.8, 4) is 0 Å². The predicted octanol–water partition coefficient (Wildman–Crippen LogP) is -3.43. The van der Waals surface area contributed by atoms with Crippen LogP contribution in [-0.2, 0) is 4.79 Å². The van der Waals surface area contributed by atoms with E-state index in [-0.39, 0.29) is 63.7 Å². The van der Waals surface area contributed by atoms with Crippen LogP contribution in [0, 0.1) is 0 Å². The molecule has 0 aromatic rings. The van der Waals surface area contributed by atoms with Gasteiger partial charge in [-0.25, -0.2) is 0 Å². The maximum atomic E-state index is 10.2. The Morgan fingerprint density at radius 1 is 1.56 bits per heavy atom. The number of azo groups is 1. The molecule has 1 rings (SSSR count). The van der Waals surface area contributed by atoms with Crippen LogP contribution >= 0.6 is 0 Å². The summed E-state index contributed by atoms with van der Waals surface area (Å²) in [6.07, 6.45) is 1.30. The second-order valence-electron chi connectivity index (χ2n) is 1.34. The molecule has 0 radical (unpaired) electrons. The summed E-state index contributed by atoms with van der Waals surface area (Å²) >= 11 is 0. The Labute approximate surface area is 94.5 Å². The molecule has 0 fully saturated rings. The number of amides is 1. The van der Waals surface area contributed by atoms with Crippen molar-refractivity contribution < 1.29 is 61.3 Å². The summed E-state index contributed by atoms with van der Waals surface area (Å²) in [5, 5.41) is 16.1. The first kappa shape index (κ1) is 9.45. The first-order valence-electron chi connectivity index (χ1n) is 2.11. The number of hydrogen-bond donors (Lipinski definition) is 0. The molecule has 1 amide bonds. The molecule has 5 heteroatoms. The van der Waals surface area contributed by atoms with Crippen LogP contribution in [0.1, 0.15) is 6.42 Å². The predicted molar refractivity (Wildman–Crippen MR) is 22.6 cm³/mol. The van der Waals surface area contributed by atoms with E-state index in [0.29, 0.717) is 0 Å². The SMILES string of the molecule is O=C1CC=C([O-])N=N1.[K+]. The van der Waals surface area contributed by atoms with Crippen molar-refractivity contribution in [1.29, 1.82) is 0 Å². The van der Waals surface area contributed by atoms with Crippen LogP contribution in [0.15, 0.2) is 22.2 Å². The van der Waals surface area contributed by atoms with Crippen molar-refractivity contribution in [2.24, 2.45) is 10.2 Å². The molecule has 42 valence electrons. The molecule has 0 unspecified atom stereocenters. The summed E-state index contributed by atoms with van der Waals surface area (Å²) in [5.74, 6) is -0.783. The molecule has 1 aliphatic rings. The maximum absolute atomic E-state index is 10.2. The van der Waals surface area contributed by atoms with Crippen molar-refractivity contribution in [2.75, 3.05) is 0 Å². The van der Waals surface area contributed by atoms with Gasteiger partial charge in [-0.1, -0.05) is 6.08 Å². The van der Waals surface area contributed by atoms with Gasteiger partial charge in [0.15, 0.2) is 0 Å². The molecule has 0 atom stereocenters. The van der Waals surface area contributed by atoms with Crippen LogP contribution < -0.4 is 56.5 Å². The van der Waals surface area contributed by atoms with Crippen LogP contribution in [-0.4, -0.2) is 5.91 Å². The van der Waals surface area contributed by atoms with E-state index < -0.39 is 5.88 Å². The molecule has 1 heterocycles. The molecule has 0 aromatic carbocycles. The zero-order valence-corrected chi connectivity index (χ0v) is 8.12. The van der Waals surface area contributed by atoms with E-state index in [2.05, 4.69) is 10.2 Å². The standard InChI is InChI=1S/C4H4N2O2.K/c7-3-1-2-4(8)6-5-3;/h1,7H,2H2;/q;+1/p-1. The van der Waals surface area contributed by atoms with Crippen molar-refractivity contribution >= 4 is 5.91 Å². The average molecular weight is 150 g/mol. The van der Waals surface area contributed by atoms with Crippen molar-refractivity contribution in [3.05, 3.63) is 12.0 Å². The Morgan fingerprint density at radius 2 is 2.22 bits per heavy atom. The van der Waals surface area contributed by atoms with E-state index in [0.717, 1.165) is 0 Å².